The van der Waals surface area contributed by atoms with E-state index in [0.717, 1.165) is 47.0 Å². The van der Waals surface area contributed by atoms with E-state index in [1.54, 1.807) is 18.4 Å². The third-order valence-corrected chi connectivity index (χ3v) is 8.35. The van der Waals surface area contributed by atoms with Crippen LogP contribution < -0.4 is 10.1 Å². The van der Waals surface area contributed by atoms with Gasteiger partial charge in [-0.2, -0.15) is 5.26 Å². The van der Waals surface area contributed by atoms with Crippen LogP contribution in [0.2, 0.25) is 0 Å². The van der Waals surface area contributed by atoms with Crippen LogP contribution in [0.15, 0.2) is 54.6 Å². The molecule has 0 fully saturated rings. The molecule has 0 saturated carbocycles. The van der Waals surface area contributed by atoms with Crippen LogP contribution >= 0.6 is 11.3 Å². The Labute approximate surface area is 215 Å². The molecular formula is C30H29N3O2S. The van der Waals surface area contributed by atoms with Crippen LogP contribution in [0, 0.1) is 22.7 Å². The number of hydrogen-bond donors (Lipinski definition) is 1. The molecule has 36 heavy (non-hydrogen) atoms. The van der Waals surface area contributed by atoms with Gasteiger partial charge in [0.15, 0.2) is 0 Å². The molecule has 1 aliphatic rings. The predicted octanol–water partition coefficient (Wildman–Crippen LogP) is 7.25. The number of para-hydroxylation sites is 1. The molecule has 0 bridgehead atoms. The van der Waals surface area contributed by atoms with Gasteiger partial charge in [-0.3, -0.25) is 4.79 Å². The van der Waals surface area contributed by atoms with Gasteiger partial charge < -0.3 is 10.1 Å². The molecule has 4 aromatic rings. The molecule has 1 amide bonds. The van der Waals surface area contributed by atoms with Crippen molar-refractivity contribution in [1.82, 2.24) is 4.98 Å². The zero-order valence-electron chi connectivity index (χ0n) is 21.0. The van der Waals surface area contributed by atoms with Crippen molar-refractivity contribution < 1.29 is 9.53 Å². The highest BCUT2D eigenvalue weighted by Crippen LogP contribution is 2.44. The Morgan fingerprint density at radius 2 is 1.92 bits per heavy atom. The molecule has 1 atom stereocenters. The molecule has 6 heteroatoms. The van der Waals surface area contributed by atoms with Gasteiger partial charge in [0.2, 0.25) is 0 Å². The molecule has 2 aromatic heterocycles. The van der Waals surface area contributed by atoms with E-state index in [1.807, 2.05) is 54.6 Å². The van der Waals surface area contributed by atoms with Gasteiger partial charge in [-0.25, -0.2) is 4.98 Å². The molecule has 0 spiro atoms. The molecule has 1 aliphatic carbocycles. The number of nitrogens with zero attached hydrogens (tertiary/aromatic N) is 2. The number of carbonyl (C=O) groups is 1. The Morgan fingerprint density at radius 1 is 1.17 bits per heavy atom. The third kappa shape index (κ3) is 4.47. The van der Waals surface area contributed by atoms with Crippen molar-refractivity contribution in [3.63, 3.8) is 0 Å². The predicted molar refractivity (Wildman–Crippen MR) is 146 cm³/mol. The highest BCUT2D eigenvalue weighted by atomic mass is 32.1. The maximum Gasteiger partial charge on any atom is 0.257 e. The average molecular weight is 496 g/mol. The van der Waals surface area contributed by atoms with Gasteiger partial charge in [0.05, 0.1) is 29.4 Å². The first-order chi connectivity index (χ1) is 17.3. The van der Waals surface area contributed by atoms with E-state index in [0.29, 0.717) is 27.7 Å². The van der Waals surface area contributed by atoms with Gasteiger partial charge in [0, 0.05) is 15.8 Å². The molecule has 0 aliphatic heterocycles. The Bertz CT molecular complexity index is 1490. The number of nitriles is 1. The third-order valence-electron chi connectivity index (χ3n) is 7.18. The monoisotopic (exact) mass is 495 g/mol. The largest absolute Gasteiger partial charge is 0.497 e. The van der Waals surface area contributed by atoms with Crippen LogP contribution in [-0.2, 0) is 12.8 Å². The summed E-state index contributed by atoms with van der Waals surface area (Å²) < 4.78 is 5.28. The number of nitrogens with one attached hydrogen (secondary N) is 1. The summed E-state index contributed by atoms with van der Waals surface area (Å²) in [6, 6.07) is 19.5. The molecular weight excluding hydrogens is 466 g/mol. The number of hydrogen-bond acceptors (Lipinski definition) is 5. The Kier molecular flexibility index (Phi) is 6.27. The van der Waals surface area contributed by atoms with Crippen LogP contribution in [-0.4, -0.2) is 18.0 Å². The van der Waals surface area contributed by atoms with Crippen molar-refractivity contribution in [1.29, 1.82) is 5.26 Å². The van der Waals surface area contributed by atoms with E-state index < -0.39 is 0 Å². The van der Waals surface area contributed by atoms with E-state index in [2.05, 4.69) is 32.2 Å². The molecule has 5 nitrogen and oxygen atoms in total. The number of ether oxygens (including phenoxy) is 1. The Balaban J connectivity index is 1.52. The van der Waals surface area contributed by atoms with E-state index >= 15 is 0 Å². The second-order valence-electron chi connectivity index (χ2n) is 10.4. The topological polar surface area (TPSA) is 75.0 Å². The lowest BCUT2D eigenvalue weighted by Gasteiger charge is -2.33. The second kappa shape index (κ2) is 9.40. The van der Waals surface area contributed by atoms with Crippen molar-refractivity contribution in [3.8, 4) is 23.1 Å². The molecule has 2 heterocycles. The minimum Gasteiger partial charge on any atom is -0.497 e. The van der Waals surface area contributed by atoms with Crippen molar-refractivity contribution in [2.24, 2.45) is 11.3 Å². The zero-order valence-corrected chi connectivity index (χ0v) is 21.8. The number of rotatable bonds is 4. The first kappa shape index (κ1) is 24.0. The van der Waals surface area contributed by atoms with Crippen LogP contribution in [0.4, 0.5) is 5.00 Å². The number of thiophene rings is 1. The lowest BCUT2D eigenvalue weighted by Crippen LogP contribution is -2.26. The van der Waals surface area contributed by atoms with Gasteiger partial charge in [-0.1, -0.05) is 39.0 Å². The summed E-state index contributed by atoms with van der Waals surface area (Å²) in [6.07, 6.45) is 2.90. The maximum atomic E-state index is 13.7. The standard InChI is InChI=1S/C30H29N3O2S/c1-30(2,3)19-11-14-22-24(17-31)29(36-27(22)15-19)33-28(34)23-16-26(18-9-12-20(35-4)13-10-18)32-25-8-6-5-7-21(23)25/h5-10,12-13,16,19H,11,14-15H2,1-4H3,(H,33,34). The number of benzene rings is 2. The Hall–Kier alpha value is -3.69. The smallest absolute Gasteiger partial charge is 0.257 e. The summed E-state index contributed by atoms with van der Waals surface area (Å²) in [5.41, 5.74) is 4.82. The highest BCUT2D eigenvalue weighted by molar-refractivity contribution is 7.16. The van der Waals surface area contributed by atoms with E-state index in [1.165, 1.54) is 4.88 Å². The van der Waals surface area contributed by atoms with Crippen LogP contribution in [0.25, 0.3) is 22.2 Å². The maximum absolute atomic E-state index is 13.7. The number of carbonyl (C=O) groups excluding carboxylic acids is 1. The molecule has 2 aromatic carbocycles. The minimum atomic E-state index is -0.231. The number of anilines is 1. The molecule has 0 radical (unpaired) electrons. The SMILES string of the molecule is COc1ccc(-c2cc(C(=O)Nc3sc4c(c3C#N)CCC(C(C)(C)C)C4)c3ccccc3n2)cc1. The van der Waals surface area contributed by atoms with E-state index in [4.69, 9.17) is 9.72 Å². The van der Waals surface area contributed by atoms with Gasteiger partial charge >= 0.3 is 0 Å². The second-order valence-corrected chi connectivity index (χ2v) is 11.5. The average Bonchev–Trinajstić information content (AvgIpc) is 3.23. The van der Waals surface area contributed by atoms with Crippen LogP contribution in [0.1, 0.15) is 53.6 Å². The van der Waals surface area contributed by atoms with Gasteiger partial charge in [-0.05, 0) is 72.6 Å². The quantitative estimate of drug-likeness (QED) is 0.324. The molecule has 0 saturated heterocycles. The number of amides is 1. The molecule has 182 valence electrons. The fraction of sp³-hybridized carbons (Fsp3) is 0.300. The zero-order chi connectivity index (χ0) is 25.4. The lowest BCUT2D eigenvalue weighted by molar-refractivity contribution is 0.102. The first-order valence-electron chi connectivity index (χ1n) is 12.2. The number of fused-ring (bicyclic) bond motifs is 2. The van der Waals surface area contributed by atoms with Gasteiger partial charge in [0.25, 0.3) is 5.91 Å². The van der Waals surface area contributed by atoms with Crippen LogP contribution in [0.3, 0.4) is 0 Å². The van der Waals surface area contributed by atoms with E-state index in [-0.39, 0.29) is 11.3 Å². The van der Waals surface area contributed by atoms with Crippen molar-refractivity contribution >= 4 is 33.1 Å². The number of aromatic nitrogens is 1. The minimum absolute atomic E-state index is 0.214. The number of pyridine rings is 1. The summed E-state index contributed by atoms with van der Waals surface area (Å²) in [4.78, 5) is 19.7. The normalized spacial score (nSPS) is 15.2. The van der Waals surface area contributed by atoms with Crippen molar-refractivity contribution in [2.75, 3.05) is 12.4 Å². The molecule has 1 N–H and O–H groups in total. The van der Waals surface area contributed by atoms with Gasteiger partial charge in [0.1, 0.15) is 16.8 Å². The summed E-state index contributed by atoms with van der Waals surface area (Å²) in [7, 11) is 1.63. The number of methoxy groups -OCH3 is 1. The summed E-state index contributed by atoms with van der Waals surface area (Å²) in [6.45, 7) is 6.83. The first-order valence-corrected chi connectivity index (χ1v) is 13.0. The Morgan fingerprint density at radius 3 is 2.61 bits per heavy atom. The lowest BCUT2D eigenvalue weighted by atomic mass is 9.72. The summed E-state index contributed by atoms with van der Waals surface area (Å²) in [5.74, 6) is 1.10. The fourth-order valence-electron chi connectivity index (χ4n) is 4.97. The molecule has 5 rings (SSSR count). The van der Waals surface area contributed by atoms with Crippen molar-refractivity contribution in [2.45, 2.75) is 40.0 Å². The van der Waals surface area contributed by atoms with Crippen LogP contribution in [0.5, 0.6) is 5.75 Å². The summed E-state index contributed by atoms with van der Waals surface area (Å²) in [5, 5.41) is 14.5. The van der Waals surface area contributed by atoms with E-state index in [9.17, 15) is 10.1 Å². The molecule has 1 unspecified atom stereocenters. The highest BCUT2D eigenvalue weighted by Gasteiger charge is 2.32. The fourth-order valence-corrected chi connectivity index (χ4v) is 6.25. The van der Waals surface area contributed by atoms with Crippen molar-refractivity contribution in [3.05, 3.63) is 76.2 Å². The summed E-state index contributed by atoms with van der Waals surface area (Å²) >= 11 is 1.56. The van der Waals surface area contributed by atoms with Gasteiger partial charge in [-0.15, -0.1) is 11.3 Å².